The van der Waals surface area contributed by atoms with Crippen LogP contribution < -0.4 is 5.32 Å². The third-order valence-corrected chi connectivity index (χ3v) is 5.60. The third kappa shape index (κ3) is 1.97. The summed E-state index contributed by atoms with van der Waals surface area (Å²) in [5, 5.41) is 6.58. The van der Waals surface area contributed by atoms with Gasteiger partial charge in [0.25, 0.3) is 0 Å². The Morgan fingerprint density at radius 1 is 1.29 bits per heavy atom. The number of hydrogen-bond donors (Lipinski definition) is 1. The summed E-state index contributed by atoms with van der Waals surface area (Å²) in [6.07, 6.45) is 3.36. The molecule has 0 amide bonds. The van der Waals surface area contributed by atoms with Crippen LogP contribution in [0.4, 0.5) is 0 Å². The monoisotopic (exact) mass is 257 g/mol. The van der Waals surface area contributed by atoms with Gasteiger partial charge in [-0.3, -0.25) is 0 Å². The number of hydrogen-bond acceptors (Lipinski definition) is 6. The van der Waals surface area contributed by atoms with Gasteiger partial charge in [-0.2, -0.15) is 4.98 Å². The maximum atomic E-state index is 11.7. The first-order valence-electron chi connectivity index (χ1n) is 5.95. The van der Waals surface area contributed by atoms with Crippen molar-refractivity contribution in [3.05, 3.63) is 11.7 Å². The smallest absolute Gasteiger partial charge is 0.245 e. The lowest BCUT2D eigenvalue weighted by Gasteiger charge is -2.03. The molecule has 1 aromatic rings. The van der Waals surface area contributed by atoms with Crippen molar-refractivity contribution in [1.82, 2.24) is 15.5 Å². The Hall–Kier alpha value is -0.950. The lowest BCUT2D eigenvalue weighted by molar-refractivity contribution is 0.362. The number of rotatable bonds is 2. The van der Waals surface area contributed by atoms with Crippen LogP contribution in [-0.4, -0.2) is 30.9 Å². The van der Waals surface area contributed by atoms with Crippen LogP contribution in [0.3, 0.4) is 0 Å². The number of nitrogens with one attached hydrogen (secondary N) is 1. The van der Waals surface area contributed by atoms with Crippen LogP contribution in [0.2, 0.25) is 0 Å². The molecule has 1 N–H and O–H groups in total. The summed E-state index contributed by atoms with van der Waals surface area (Å²) in [7, 11) is -3.07. The summed E-state index contributed by atoms with van der Waals surface area (Å²) < 4.78 is 28.6. The number of sulfone groups is 1. The van der Waals surface area contributed by atoms with Crippen LogP contribution >= 0.6 is 0 Å². The summed E-state index contributed by atoms with van der Waals surface area (Å²) in [5.74, 6) is 1.10. The topological polar surface area (TPSA) is 85.1 Å². The van der Waals surface area contributed by atoms with E-state index in [9.17, 15) is 8.42 Å². The third-order valence-electron chi connectivity index (χ3n) is 3.43. The van der Waals surface area contributed by atoms with E-state index in [1.165, 1.54) is 0 Å². The predicted octanol–water partition coefficient (Wildman–Crippen LogP) is 0.744. The highest BCUT2D eigenvalue weighted by Crippen LogP contribution is 2.34. The van der Waals surface area contributed by atoms with Gasteiger partial charge in [-0.25, -0.2) is 8.42 Å². The van der Waals surface area contributed by atoms with Gasteiger partial charge in [0.1, 0.15) is 5.25 Å². The lowest BCUT2D eigenvalue weighted by Crippen LogP contribution is -2.14. The lowest BCUT2D eigenvalue weighted by atomic mass is 10.2. The molecule has 17 heavy (non-hydrogen) atoms. The first-order valence-corrected chi connectivity index (χ1v) is 7.67. The van der Waals surface area contributed by atoms with Gasteiger partial charge in [0.05, 0.1) is 11.8 Å². The maximum absolute atomic E-state index is 11.7. The Morgan fingerprint density at radius 3 is 2.82 bits per heavy atom. The van der Waals surface area contributed by atoms with Crippen molar-refractivity contribution >= 4 is 9.84 Å². The fourth-order valence-electron chi connectivity index (χ4n) is 2.49. The van der Waals surface area contributed by atoms with Gasteiger partial charge >= 0.3 is 0 Å². The quantitative estimate of drug-likeness (QED) is 0.841. The highest BCUT2D eigenvalue weighted by atomic mass is 32.2. The van der Waals surface area contributed by atoms with E-state index in [4.69, 9.17) is 4.52 Å². The molecule has 1 aromatic heterocycles. The van der Waals surface area contributed by atoms with Crippen molar-refractivity contribution in [2.24, 2.45) is 0 Å². The molecule has 2 fully saturated rings. The normalized spacial score (nSPS) is 32.0. The summed E-state index contributed by atoms with van der Waals surface area (Å²) in [4.78, 5) is 4.25. The fourth-order valence-corrected chi connectivity index (χ4v) is 4.28. The van der Waals surface area contributed by atoms with Crippen LogP contribution in [-0.2, 0) is 9.84 Å². The molecule has 3 rings (SSSR count). The van der Waals surface area contributed by atoms with Gasteiger partial charge in [-0.05, 0) is 32.2 Å². The van der Waals surface area contributed by atoms with Gasteiger partial charge in [0.2, 0.25) is 5.89 Å². The zero-order valence-electron chi connectivity index (χ0n) is 9.42. The summed E-state index contributed by atoms with van der Waals surface area (Å²) >= 11 is 0. The molecule has 2 aliphatic heterocycles. The second kappa shape index (κ2) is 4.06. The second-order valence-electron chi connectivity index (χ2n) is 4.64. The van der Waals surface area contributed by atoms with Crippen LogP contribution in [0, 0.1) is 0 Å². The molecule has 0 bridgehead atoms. The summed E-state index contributed by atoms with van der Waals surface area (Å²) in [5.41, 5.74) is 0. The van der Waals surface area contributed by atoms with E-state index in [1.807, 2.05) is 0 Å². The Labute approximate surface area is 99.7 Å². The molecule has 0 aliphatic carbocycles. The largest absolute Gasteiger partial charge is 0.338 e. The van der Waals surface area contributed by atoms with E-state index in [-0.39, 0.29) is 17.7 Å². The molecule has 0 spiro atoms. The molecule has 6 nitrogen and oxygen atoms in total. The minimum atomic E-state index is -3.07. The molecule has 2 unspecified atom stereocenters. The fraction of sp³-hybridized carbons (Fsp3) is 0.800. The number of nitrogens with zero attached hydrogens (tertiary/aromatic N) is 2. The Bertz CT molecular complexity index is 505. The van der Waals surface area contributed by atoms with Gasteiger partial charge in [-0.1, -0.05) is 5.16 Å². The van der Waals surface area contributed by atoms with Gasteiger partial charge in [0.15, 0.2) is 15.7 Å². The zero-order valence-corrected chi connectivity index (χ0v) is 10.2. The predicted molar refractivity (Wildman–Crippen MR) is 60.0 cm³/mol. The molecule has 7 heteroatoms. The van der Waals surface area contributed by atoms with E-state index >= 15 is 0 Å². The number of aromatic nitrogens is 2. The highest BCUT2D eigenvalue weighted by Gasteiger charge is 2.37. The van der Waals surface area contributed by atoms with Crippen LogP contribution in [0.1, 0.15) is 48.7 Å². The molecule has 2 atom stereocenters. The zero-order chi connectivity index (χ0) is 11.9. The van der Waals surface area contributed by atoms with Gasteiger partial charge in [-0.15, -0.1) is 0 Å². The molecule has 0 radical (unpaired) electrons. The molecule has 0 aromatic carbocycles. The molecule has 2 saturated heterocycles. The van der Waals surface area contributed by atoms with Gasteiger partial charge in [0, 0.05) is 0 Å². The molecular formula is C10H15N3O3S. The summed E-state index contributed by atoms with van der Waals surface area (Å²) in [6, 6.07) is 0.122. The van der Waals surface area contributed by atoms with Crippen LogP contribution in [0.25, 0.3) is 0 Å². The van der Waals surface area contributed by atoms with E-state index < -0.39 is 15.1 Å². The Balaban J connectivity index is 1.85. The van der Waals surface area contributed by atoms with Crippen molar-refractivity contribution in [3.63, 3.8) is 0 Å². The first-order chi connectivity index (χ1) is 8.17. The molecule has 3 heterocycles. The minimum absolute atomic E-state index is 0.122. The molecule has 0 saturated carbocycles. The second-order valence-corrected chi connectivity index (χ2v) is 6.94. The Morgan fingerprint density at radius 2 is 2.18 bits per heavy atom. The minimum Gasteiger partial charge on any atom is -0.338 e. The average Bonchev–Trinajstić information content (AvgIpc) is 2.94. The molecule has 94 valence electrons. The van der Waals surface area contributed by atoms with Crippen LogP contribution in [0.5, 0.6) is 0 Å². The highest BCUT2D eigenvalue weighted by molar-refractivity contribution is 7.91. The SMILES string of the molecule is O=S1(=O)CCCC1c1nc(C2CCCN2)no1. The van der Waals surface area contributed by atoms with Crippen molar-refractivity contribution in [3.8, 4) is 0 Å². The van der Waals surface area contributed by atoms with Crippen molar-refractivity contribution in [2.45, 2.75) is 37.0 Å². The van der Waals surface area contributed by atoms with E-state index in [0.29, 0.717) is 18.7 Å². The molecule has 2 aliphatic rings. The van der Waals surface area contributed by atoms with Gasteiger partial charge < -0.3 is 9.84 Å². The van der Waals surface area contributed by atoms with Crippen molar-refractivity contribution in [2.75, 3.05) is 12.3 Å². The molecular weight excluding hydrogens is 242 g/mol. The van der Waals surface area contributed by atoms with Crippen molar-refractivity contribution < 1.29 is 12.9 Å². The maximum Gasteiger partial charge on any atom is 0.245 e. The van der Waals surface area contributed by atoms with Crippen molar-refractivity contribution in [1.29, 1.82) is 0 Å². The van der Waals surface area contributed by atoms with Crippen LogP contribution in [0.15, 0.2) is 4.52 Å². The van der Waals surface area contributed by atoms with E-state index in [1.54, 1.807) is 0 Å². The average molecular weight is 257 g/mol. The standard InChI is InChI=1S/C10H15N3O3S/c14-17(15)6-2-4-8(17)10-12-9(13-16-10)7-3-1-5-11-7/h7-8,11H,1-6H2. The van der Waals surface area contributed by atoms with E-state index in [2.05, 4.69) is 15.5 Å². The first kappa shape index (κ1) is 11.2. The Kier molecular flexibility index (Phi) is 2.67. The van der Waals surface area contributed by atoms with E-state index in [0.717, 1.165) is 19.4 Å². The summed E-state index contributed by atoms with van der Waals surface area (Å²) in [6.45, 7) is 0.955.